The summed E-state index contributed by atoms with van der Waals surface area (Å²) in [6.07, 6.45) is 1.88. The van der Waals surface area contributed by atoms with Gasteiger partial charge < -0.3 is 8.92 Å². The SMILES string of the molecule is CSOCCOCCCl. The lowest BCUT2D eigenvalue weighted by atomic mass is 10.7. The number of hydrogen-bond acceptors (Lipinski definition) is 3. The molecular weight excluding hydrogens is 160 g/mol. The molecule has 0 aromatic rings. The summed E-state index contributed by atoms with van der Waals surface area (Å²) in [5.74, 6) is 0.555. The molecule has 0 unspecified atom stereocenters. The summed E-state index contributed by atoms with van der Waals surface area (Å²) in [5.41, 5.74) is 0. The Balaban J connectivity index is 2.60. The van der Waals surface area contributed by atoms with Crippen LogP contribution < -0.4 is 0 Å². The minimum Gasteiger partial charge on any atom is -0.378 e. The van der Waals surface area contributed by atoms with Crippen LogP contribution in [0.3, 0.4) is 0 Å². The Morgan fingerprint density at radius 1 is 1.33 bits per heavy atom. The van der Waals surface area contributed by atoms with Crippen LogP contribution in [0.1, 0.15) is 0 Å². The highest BCUT2D eigenvalue weighted by atomic mass is 35.5. The second-order valence-corrected chi connectivity index (χ2v) is 2.24. The van der Waals surface area contributed by atoms with Crippen LogP contribution >= 0.6 is 23.6 Å². The number of ether oxygens (including phenoxy) is 1. The van der Waals surface area contributed by atoms with Crippen molar-refractivity contribution < 1.29 is 8.92 Å². The topological polar surface area (TPSA) is 18.5 Å². The molecule has 0 saturated heterocycles. The Morgan fingerprint density at radius 3 is 2.67 bits per heavy atom. The summed E-state index contributed by atoms with van der Waals surface area (Å²) in [6, 6.07) is 0. The Bertz CT molecular complexity index is 48.2. The third-order valence-electron chi connectivity index (χ3n) is 0.650. The predicted molar refractivity (Wildman–Crippen MR) is 41.0 cm³/mol. The minimum absolute atomic E-state index is 0.555. The fourth-order valence-corrected chi connectivity index (χ4v) is 0.677. The van der Waals surface area contributed by atoms with E-state index in [0.717, 1.165) is 0 Å². The molecule has 0 aromatic carbocycles. The Labute approximate surface area is 65.1 Å². The zero-order valence-electron chi connectivity index (χ0n) is 5.43. The van der Waals surface area contributed by atoms with E-state index in [0.29, 0.717) is 25.7 Å². The van der Waals surface area contributed by atoms with Crippen molar-refractivity contribution in [1.29, 1.82) is 0 Å². The van der Waals surface area contributed by atoms with Crippen molar-refractivity contribution in [3.05, 3.63) is 0 Å². The first-order valence-electron chi connectivity index (χ1n) is 2.71. The van der Waals surface area contributed by atoms with Crippen molar-refractivity contribution in [2.75, 3.05) is 32.0 Å². The van der Waals surface area contributed by atoms with Gasteiger partial charge in [0.1, 0.15) is 0 Å². The Hall–Kier alpha value is 0.560. The average molecular weight is 171 g/mol. The standard InChI is InChI=1S/C5H11ClO2S/c1-9-8-5-4-7-3-2-6/h2-5H2,1H3. The molecule has 0 saturated carbocycles. The number of halogens is 1. The van der Waals surface area contributed by atoms with E-state index in [9.17, 15) is 0 Å². The van der Waals surface area contributed by atoms with Crippen molar-refractivity contribution in [2.45, 2.75) is 0 Å². The van der Waals surface area contributed by atoms with Crippen molar-refractivity contribution in [3.8, 4) is 0 Å². The molecule has 2 nitrogen and oxygen atoms in total. The van der Waals surface area contributed by atoms with Crippen molar-refractivity contribution >= 4 is 23.6 Å². The first-order valence-corrected chi connectivity index (χ1v) is 4.39. The van der Waals surface area contributed by atoms with Gasteiger partial charge in [-0.25, -0.2) is 0 Å². The monoisotopic (exact) mass is 170 g/mol. The van der Waals surface area contributed by atoms with Crippen molar-refractivity contribution in [3.63, 3.8) is 0 Å². The van der Waals surface area contributed by atoms with Crippen LogP contribution in [-0.4, -0.2) is 32.0 Å². The molecule has 0 N–H and O–H groups in total. The maximum absolute atomic E-state index is 5.34. The van der Waals surface area contributed by atoms with E-state index in [-0.39, 0.29) is 0 Å². The molecular formula is C5H11ClO2S. The highest BCUT2D eigenvalue weighted by molar-refractivity contribution is 7.93. The van der Waals surface area contributed by atoms with E-state index in [2.05, 4.69) is 0 Å². The minimum atomic E-state index is 0.555. The van der Waals surface area contributed by atoms with Gasteiger partial charge in [-0.1, -0.05) is 0 Å². The maximum atomic E-state index is 5.34. The highest BCUT2D eigenvalue weighted by Crippen LogP contribution is 1.92. The highest BCUT2D eigenvalue weighted by Gasteiger charge is 1.85. The first kappa shape index (κ1) is 9.56. The lowest BCUT2D eigenvalue weighted by Gasteiger charge is -1.99. The first-order chi connectivity index (χ1) is 4.41. The van der Waals surface area contributed by atoms with Crippen molar-refractivity contribution in [1.82, 2.24) is 0 Å². The molecule has 0 aliphatic heterocycles. The van der Waals surface area contributed by atoms with Crippen LogP contribution in [0.15, 0.2) is 0 Å². The molecule has 0 atom stereocenters. The molecule has 0 aliphatic rings. The molecule has 4 heteroatoms. The summed E-state index contributed by atoms with van der Waals surface area (Å²) < 4.78 is 9.94. The normalized spacial score (nSPS) is 10.0. The third-order valence-corrected chi connectivity index (χ3v) is 1.21. The fourth-order valence-electron chi connectivity index (χ4n) is 0.333. The second-order valence-electron chi connectivity index (χ2n) is 1.29. The van der Waals surface area contributed by atoms with Crippen LogP contribution in [0.25, 0.3) is 0 Å². The summed E-state index contributed by atoms with van der Waals surface area (Å²) >= 11 is 6.69. The van der Waals surface area contributed by atoms with E-state index in [1.54, 1.807) is 0 Å². The smallest absolute Gasteiger partial charge is 0.0847 e. The molecule has 0 rings (SSSR count). The van der Waals surface area contributed by atoms with E-state index in [4.69, 9.17) is 20.5 Å². The summed E-state index contributed by atoms with van der Waals surface area (Å²) in [4.78, 5) is 0. The predicted octanol–water partition coefficient (Wildman–Crippen LogP) is 1.54. The summed E-state index contributed by atoms with van der Waals surface area (Å²) in [5, 5.41) is 0. The Morgan fingerprint density at radius 2 is 2.11 bits per heavy atom. The van der Waals surface area contributed by atoms with Crippen LogP contribution in [-0.2, 0) is 8.92 Å². The van der Waals surface area contributed by atoms with Gasteiger partial charge in [-0.15, -0.1) is 11.6 Å². The zero-order chi connectivity index (χ0) is 6.95. The van der Waals surface area contributed by atoms with E-state index >= 15 is 0 Å². The number of hydrogen-bond donors (Lipinski definition) is 0. The van der Waals surface area contributed by atoms with Gasteiger partial charge in [0.05, 0.1) is 19.8 Å². The molecule has 0 bridgehead atoms. The van der Waals surface area contributed by atoms with E-state index in [1.165, 1.54) is 12.0 Å². The fraction of sp³-hybridized carbons (Fsp3) is 1.00. The molecule has 0 aromatic heterocycles. The van der Waals surface area contributed by atoms with Gasteiger partial charge in [0.2, 0.25) is 0 Å². The average Bonchev–Trinajstić information content (AvgIpc) is 1.89. The van der Waals surface area contributed by atoms with Gasteiger partial charge in [0.15, 0.2) is 0 Å². The molecule has 0 heterocycles. The molecule has 0 radical (unpaired) electrons. The van der Waals surface area contributed by atoms with Crippen LogP contribution in [0.5, 0.6) is 0 Å². The lowest BCUT2D eigenvalue weighted by Crippen LogP contribution is -2.02. The molecule has 0 fully saturated rings. The lowest BCUT2D eigenvalue weighted by molar-refractivity contribution is 0.119. The zero-order valence-corrected chi connectivity index (χ0v) is 7.00. The van der Waals surface area contributed by atoms with Gasteiger partial charge in [-0.2, -0.15) is 0 Å². The van der Waals surface area contributed by atoms with E-state index in [1.807, 2.05) is 6.26 Å². The third kappa shape index (κ3) is 8.56. The molecule has 9 heavy (non-hydrogen) atoms. The molecule has 0 spiro atoms. The second kappa shape index (κ2) is 8.56. The van der Waals surface area contributed by atoms with Gasteiger partial charge in [0, 0.05) is 12.1 Å². The summed E-state index contributed by atoms with van der Waals surface area (Å²) in [6.45, 7) is 1.88. The molecule has 56 valence electrons. The van der Waals surface area contributed by atoms with Gasteiger partial charge in [0.25, 0.3) is 0 Å². The van der Waals surface area contributed by atoms with Gasteiger partial charge >= 0.3 is 0 Å². The van der Waals surface area contributed by atoms with Crippen LogP contribution in [0, 0.1) is 0 Å². The summed E-state index contributed by atoms with van der Waals surface area (Å²) in [7, 11) is 0. The van der Waals surface area contributed by atoms with Gasteiger partial charge in [-0.05, 0) is 12.0 Å². The van der Waals surface area contributed by atoms with Crippen LogP contribution in [0.2, 0.25) is 0 Å². The quantitative estimate of drug-likeness (QED) is 0.342. The number of rotatable bonds is 6. The van der Waals surface area contributed by atoms with Crippen molar-refractivity contribution in [2.24, 2.45) is 0 Å². The maximum Gasteiger partial charge on any atom is 0.0847 e. The van der Waals surface area contributed by atoms with Crippen LogP contribution in [0.4, 0.5) is 0 Å². The Kier molecular flexibility index (Phi) is 9.09. The largest absolute Gasteiger partial charge is 0.378 e. The molecule has 0 aliphatic carbocycles. The van der Waals surface area contributed by atoms with Gasteiger partial charge in [-0.3, -0.25) is 0 Å². The molecule has 0 amide bonds. The van der Waals surface area contributed by atoms with E-state index < -0.39 is 0 Å². The number of alkyl halides is 1.